The van der Waals surface area contributed by atoms with Crippen molar-refractivity contribution in [3.8, 4) is 0 Å². The number of hydrogen-bond acceptors (Lipinski definition) is 7. The molecule has 3 aromatic rings. The Morgan fingerprint density at radius 1 is 0.862 bits per heavy atom. The highest BCUT2D eigenvalue weighted by molar-refractivity contribution is 6.02. The third-order valence-electron chi connectivity index (χ3n) is 4.45. The van der Waals surface area contributed by atoms with Gasteiger partial charge in [-0.15, -0.1) is 0 Å². The number of aromatic nitrogens is 4. The van der Waals surface area contributed by atoms with Crippen LogP contribution in [0.3, 0.4) is 0 Å². The zero-order chi connectivity index (χ0) is 20.2. The van der Waals surface area contributed by atoms with Crippen molar-refractivity contribution < 1.29 is 13.6 Å². The van der Waals surface area contributed by atoms with E-state index in [2.05, 4.69) is 30.2 Å². The number of amides is 1. The molecule has 148 valence electrons. The summed E-state index contributed by atoms with van der Waals surface area (Å²) in [5, 5.41) is 2.51. The number of anilines is 3. The lowest BCUT2D eigenvalue weighted by atomic mass is 10.3. The van der Waals surface area contributed by atoms with Crippen LogP contribution in [-0.2, 0) is 0 Å². The molecular weight excluding hydrogens is 380 g/mol. The van der Waals surface area contributed by atoms with Gasteiger partial charge in [0.25, 0.3) is 5.91 Å². The van der Waals surface area contributed by atoms with Gasteiger partial charge in [0.1, 0.15) is 5.69 Å². The largest absolute Gasteiger partial charge is 0.337 e. The predicted molar refractivity (Wildman–Crippen MR) is 103 cm³/mol. The molecule has 1 N–H and O–H groups in total. The molecule has 1 fully saturated rings. The first-order valence-electron chi connectivity index (χ1n) is 8.96. The van der Waals surface area contributed by atoms with Crippen LogP contribution in [0.1, 0.15) is 10.5 Å². The van der Waals surface area contributed by atoms with Gasteiger partial charge in [0.2, 0.25) is 11.9 Å². The van der Waals surface area contributed by atoms with Crippen molar-refractivity contribution in [3.63, 3.8) is 0 Å². The Balaban J connectivity index is 1.42. The average Bonchev–Trinajstić information content (AvgIpc) is 2.77. The van der Waals surface area contributed by atoms with Gasteiger partial charge in [0.05, 0.1) is 0 Å². The third-order valence-corrected chi connectivity index (χ3v) is 4.45. The van der Waals surface area contributed by atoms with E-state index >= 15 is 0 Å². The lowest BCUT2D eigenvalue weighted by molar-refractivity contribution is 0.102. The van der Waals surface area contributed by atoms with Crippen molar-refractivity contribution in [1.29, 1.82) is 0 Å². The molecule has 0 atom stereocenters. The number of nitrogens with zero attached hydrogens (tertiary/aromatic N) is 6. The third kappa shape index (κ3) is 4.26. The number of benzene rings is 1. The van der Waals surface area contributed by atoms with Gasteiger partial charge in [-0.1, -0.05) is 0 Å². The molecule has 0 bridgehead atoms. The molecule has 1 amide bonds. The smallest absolute Gasteiger partial charge is 0.274 e. The lowest BCUT2D eigenvalue weighted by Crippen LogP contribution is -2.47. The molecule has 0 spiro atoms. The minimum atomic E-state index is -1.04. The molecule has 3 heterocycles. The minimum absolute atomic E-state index is 0.133. The molecule has 1 aliphatic rings. The summed E-state index contributed by atoms with van der Waals surface area (Å²) in [7, 11) is 0. The summed E-state index contributed by atoms with van der Waals surface area (Å²) in [5.74, 6) is -1.45. The number of carbonyl (C=O) groups is 1. The quantitative estimate of drug-likeness (QED) is 0.722. The van der Waals surface area contributed by atoms with Gasteiger partial charge in [-0.25, -0.2) is 28.7 Å². The van der Waals surface area contributed by atoms with Crippen LogP contribution in [0.5, 0.6) is 0 Å². The Morgan fingerprint density at radius 3 is 2.21 bits per heavy atom. The van der Waals surface area contributed by atoms with Crippen molar-refractivity contribution in [1.82, 2.24) is 19.9 Å². The molecule has 1 aromatic carbocycles. The van der Waals surface area contributed by atoms with Crippen molar-refractivity contribution >= 4 is 23.5 Å². The Kier molecular flexibility index (Phi) is 5.23. The van der Waals surface area contributed by atoms with Gasteiger partial charge < -0.3 is 15.1 Å². The maximum atomic E-state index is 13.3. The van der Waals surface area contributed by atoms with Crippen LogP contribution < -0.4 is 15.1 Å². The van der Waals surface area contributed by atoms with Crippen LogP contribution >= 0.6 is 0 Å². The molecule has 29 heavy (non-hydrogen) atoms. The van der Waals surface area contributed by atoms with Gasteiger partial charge in [-0.3, -0.25) is 4.79 Å². The number of carbonyl (C=O) groups excluding carboxylic acids is 1. The summed E-state index contributed by atoms with van der Waals surface area (Å²) in [5.41, 5.74) is 0.277. The van der Waals surface area contributed by atoms with E-state index in [0.29, 0.717) is 38.1 Å². The predicted octanol–water partition coefficient (Wildman–Crippen LogP) is 2.12. The Labute approximate surface area is 165 Å². The summed E-state index contributed by atoms with van der Waals surface area (Å²) in [6.07, 6.45) is 4.90. The minimum Gasteiger partial charge on any atom is -0.337 e. The van der Waals surface area contributed by atoms with Crippen LogP contribution in [0.2, 0.25) is 0 Å². The second-order valence-corrected chi connectivity index (χ2v) is 6.35. The van der Waals surface area contributed by atoms with E-state index in [9.17, 15) is 13.6 Å². The summed E-state index contributed by atoms with van der Waals surface area (Å²) >= 11 is 0. The molecule has 2 aromatic heterocycles. The van der Waals surface area contributed by atoms with Gasteiger partial charge in [-0.2, -0.15) is 0 Å². The SMILES string of the molecule is O=C(Nc1ccc(F)c(F)c1)c1ccnc(N2CCN(c3ncccn3)CC2)n1. The summed E-state index contributed by atoms with van der Waals surface area (Å²) in [4.78, 5) is 33.5. The maximum absolute atomic E-state index is 13.3. The van der Waals surface area contributed by atoms with Crippen molar-refractivity contribution in [3.05, 3.63) is 66.3 Å². The van der Waals surface area contributed by atoms with E-state index in [4.69, 9.17) is 0 Å². The van der Waals surface area contributed by atoms with Gasteiger partial charge in [0.15, 0.2) is 11.6 Å². The van der Waals surface area contributed by atoms with Crippen LogP contribution in [0.4, 0.5) is 26.4 Å². The van der Waals surface area contributed by atoms with Gasteiger partial charge in [0, 0.05) is 56.5 Å². The van der Waals surface area contributed by atoms with Crippen LogP contribution in [0.25, 0.3) is 0 Å². The van der Waals surface area contributed by atoms with Crippen LogP contribution in [0, 0.1) is 11.6 Å². The fourth-order valence-electron chi connectivity index (χ4n) is 2.96. The molecule has 1 saturated heterocycles. The molecule has 0 aliphatic carbocycles. The number of rotatable bonds is 4. The van der Waals surface area contributed by atoms with Gasteiger partial charge >= 0.3 is 0 Å². The van der Waals surface area contributed by atoms with E-state index in [-0.39, 0.29) is 11.4 Å². The number of hydrogen-bond donors (Lipinski definition) is 1. The molecule has 10 heteroatoms. The molecule has 0 radical (unpaired) electrons. The van der Waals surface area contributed by atoms with E-state index in [1.54, 1.807) is 18.5 Å². The van der Waals surface area contributed by atoms with E-state index in [1.807, 2.05) is 4.90 Å². The monoisotopic (exact) mass is 397 g/mol. The zero-order valence-electron chi connectivity index (χ0n) is 15.3. The summed E-state index contributed by atoms with van der Waals surface area (Å²) in [6, 6.07) is 6.38. The fraction of sp³-hybridized carbons (Fsp3) is 0.211. The Hall–Kier alpha value is -3.69. The maximum Gasteiger partial charge on any atom is 0.274 e. The zero-order valence-corrected chi connectivity index (χ0v) is 15.3. The normalized spacial score (nSPS) is 14.0. The van der Waals surface area contributed by atoms with E-state index in [0.717, 1.165) is 12.1 Å². The number of halogens is 2. The van der Waals surface area contributed by atoms with Crippen LogP contribution in [-0.4, -0.2) is 52.0 Å². The number of nitrogens with one attached hydrogen (secondary N) is 1. The summed E-state index contributed by atoms with van der Waals surface area (Å²) < 4.78 is 26.4. The molecule has 4 rings (SSSR count). The fourth-order valence-corrected chi connectivity index (χ4v) is 2.96. The lowest BCUT2D eigenvalue weighted by Gasteiger charge is -2.34. The Bertz CT molecular complexity index is 1010. The first-order chi connectivity index (χ1) is 14.1. The average molecular weight is 397 g/mol. The van der Waals surface area contributed by atoms with Gasteiger partial charge in [-0.05, 0) is 24.3 Å². The second-order valence-electron chi connectivity index (χ2n) is 6.35. The summed E-state index contributed by atoms with van der Waals surface area (Å²) in [6.45, 7) is 2.68. The molecule has 1 aliphatic heterocycles. The van der Waals surface area contributed by atoms with Crippen LogP contribution in [0.15, 0.2) is 48.9 Å². The highest BCUT2D eigenvalue weighted by atomic mass is 19.2. The molecule has 8 nitrogen and oxygen atoms in total. The molecular formula is C19H17F2N7O. The first-order valence-corrected chi connectivity index (χ1v) is 8.96. The highest BCUT2D eigenvalue weighted by Crippen LogP contribution is 2.16. The Morgan fingerprint density at radius 2 is 1.52 bits per heavy atom. The number of piperazine rings is 1. The second kappa shape index (κ2) is 8.13. The van der Waals surface area contributed by atoms with E-state index in [1.165, 1.54) is 18.3 Å². The standard InChI is InChI=1S/C19H17F2N7O/c20-14-3-2-13(12-15(14)21)25-17(29)16-4-7-24-19(26-16)28-10-8-27(9-11-28)18-22-5-1-6-23-18/h1-7,12H,8-11H2,(H,25,29). The van der Waals surface area contributed by atoms with Crippen molar-refractivity contribution in [2.75, 3.05) is 41.3 Å². The van der Waals surface area contributed by atoms with Crippen molar-refractivity contribution in [2.45, 2.75) is 0 Å². The molecule has 0 saturated carbocycles. The topological polar surface area (TPSA) is 87.1 Å². The van der Waals surface area contributed by atoms with Crippen molar-refractivity contribution in [2.24, 2.45) is 0 Å². The first kappa shape index (κ1) is 18.7. The highest BCUT2D eigenvalue weighted by Gasteiger charge is 2.21. The van der Waals surface area contributed by atoms with E-state index < -0.39 is 17.5 Å². The molecule has 0 unspecified atom stereocenters.